The molecule has 0 saturated heterocycles. The van der Waals surface area contributed by atoms with E-state index < -0.39 is 12.6 Å². The lowest BCUT2D eigenvalue weighted by atomic mass is 10.1. The second-order valence-electron chi connectivity index (χ2n) is 4.19. The highest BCUT2D eigenvalue weighted by Gasteiger charge is 2.25. The average Bonchev–Trinajstić information content (AvgIpc) is 2.73. The summed E-state index contributed by atoms with van der Waals surface area (Å²) in [4.78, 5) is 0. The van der Waals surface area contributed by atoms with Crippen LogP contribution >= 0.6 is 0 Å². The lowest BCUT2D eigenvalue weighted by Gasteiger charge is -2.13. The molecule has 0 aliphatic heterocycles. The number of hydrogen-bond donors (Lipinski definition) is 1. The third kappa shape index (κ3) is 7.05. The fourth-order valence-electron chi connectivity index (χ4n) is 1.55. The van der Waals surface area contributed by atoms with Crippen LogP contribution in [0.3, 0.4) is 0 Å². The number of alkyl halides is 3. The van der Waals surface area contributed by atoms with Crippen LogP contribution in [0, 0.1) is 0 Å². The van der Waals surface area contributed by atoms with Crippen LogP contribution < -0.4 is 5.32 Å². The Labute approximate surface area is 99.2 Å². The van der Waals surface area contributed by atoms with Gasteiger partial charge in [-0.3, -0.25) is 0 Å². The van der Waals surface area contributed by atoms with E-state index in [1.54, 1.807) is 6.26 Å². The smallest absolute Gasteiger partial charge is 0.389 e. The first-order valence-corrected chi connectivity index (χ1v) is 5.80. The molecule has 1 aromatic heterocycles. The zero-order valence-electron chi connectivity index (χ0n) is 9.89. The van der Waals surface area contributed by atoms with E-state index in [0.717, 1.165) is 18.6 Å². The maximum atomic E-state index is 11.9. The first kappa shape index (κ1) is 14.1. The molecule has 2 nitrogen and oxygen atoms in total. The van der Waals surface area contributed by atoms with Gasteiger partial charge in [-0.1, -0.05) is 0 Å². The van der Waals surface area contributed by atoms with Gasteiger partial charge >= 0.3 is 6.18 Å². The van der Waals surface area contributed by atoms with Crippen molar-refractivity contribution in [1.82, 2.24) is 5.32 Å². The van der Waals surface area contributed by atoms with Crippen molar-refractivity contribution in [2.75, 3.05) is 6.54 Å². The molecule has 0 saturated carbocycles. The van der Waals surface area contributed by atoms with Gasteiger partial charge in [0.2, 0.25) is 0 Å². The van der Waals surface area contributed by atoms with Gasteiger partial charge in [0.25, 0.3) is 0 Å². The third-order valence-electron chi connectivity index (χ3n) is 2.53. The quantitative estimate of drug-likeness (QED) is 0.748. The Morgan fingerprint density at radius 1 is 1.41 bits per heavy atom. The molecule has 0 spiro atoms. The second-order valence-corrected chi connectivity index (χ2v) is 4.19. The van der Waals surface area contributed by atoms with Gasteiger partial charge in [0, 0.05) is 18.9 Å². The summed E-state index contributed by atoms with van der Waals surface area (Å²) in [7, 11) is 0. The van der Waals surface area contributed by atoms with E-state index >= 15 is 0 Å². The van der Waals surface area contributed by atoms with E-state index in [0.29, 0.717) is 6.54 Å². The van der Waals surface area contributed by atoms with E-state index in [1.807, 2.05) is 19.1 Å². The molecule has 1 unspecified atom stereocenters. The maximum Gasteiger partial charge on any atom is 0.389 e. The summed E-state index contributed by atoms with van der Waals surface area (Å²) in [6.45, 7) is 2.37. The van der Waals surface area contributed by atoms with E-state index in [2.05, 4.69) is 5.32 Å². The van der Waals surface area contributed by atoms with Crippen LogP contribution in [-0.2, 0) is 6.42 Å². The van der Waals surface area contributed by atoms with Gasteiger partial charge in [0.15, 0.2) is 0 Å². The van der Waals surface area contributed by atoms with Crippen LogP contribution in [-0.4, -0.2) is 18.8 Å². The predicted molar refractivity (Wildman–Crippen MR) is 59.8 cm³/mol. The summed E-state index contributed by atoms with van der Waals surface area (Å²) in [6, 6.07) is 3.93. The van der Waals surface area contributed by atoms with Gasteiger partial charge in [-0.15, -0.1) is 0 Å². The molecule has 1 aromatic rings. The first-order chi connectivity index (χ1) is 7.97. The van der Waals surface area contributed by atoms with E-state index in [9.17, 15) is 13.2 Å². The molecule has 0 radical (unpaired) electrons. The Hall–Kier alpha value is -0.970. The summed E-state index contributed by atoms with van der Waals surface area (Å²) < 4.78 is 40.8. The number of nitrogens with one attached hydrogen (secondary N) is 1. The molecule has 1 atom stereocenters. The highest BCUT2D eigenvalue weighted by atomic mass is 19.4. The summed E-state index contributed by atoms with van der Waals surface area (Å²) in [6.07, 6.45) is -1.34. The van der Waals surface area contributed by atoms with Crippen molar-refractivity contribution in [2.24, 2.45) is 0 Å². The van der Waals surface area contributed by atoms with Crippen molar-refractivity contribution < 1.29 is 17.6 Å². The lowest BCUT2D eigenvalue weighted by Crippen LogP contribution is -2.28. The Morgan fingerprint density at radius 3 is 2.76 bits per heavy atom. The largest absolute Gasteiger partial charge is 0.469 e. The fourth-order valence-corrected chi connectivity index (χ4v) is 1.55. The first-order valence-electron chi connectivity index (χ1n) is 5.80. The van der Waals surface area contributed by atoms with Crippen molar-refractivity contribution in [3.8, 4) is 0 Å². The molecule has 0 aliphatic rings. The van der Waals surface area contributed by atoms with Gasteiger partial charge in [0.05, 0.1) is 6.26 Å². The molecule has 0 bridgehead atoms. The highest BCUT2D eigenvalue weighted by Crippen LogP contribution is 2.20. The van der Waals surface area contributed by atoms with Crippen molar-refractivity contribution >= 4 is 0 Å². The topological polar surface area (TPSA) is 25.2 Å². The Morgan fingerprint density at radius 2 is 2.18 bits per heavy atom. The molecule has 17 heavy (non-hydrogen) atoms. The van der Waals surface area contributed by atoms with Crippen molar-refractivity contribution in [3.63, 3.8) is 0 Å². The van der Waals surface area contributed by atoms with Crippen LogP contribution in [0.1, 0.15) is 31.9 Å². The van der Waals surface area contributed by atoms with Crippen molar-refractivity contribution in [2.45, 2.75) is 44.8 Å². The molecule has 0 aromatic carbocycles. The van der Waals surface area contributed by atoms with Gasteiger partial charge in [0.1, 0.15) is 5.76 Å². The number of furan rings is 1. The van der Waals surface area contributed by atoms with E-state index in [-0.39, 0.29) is 12.5 Å². The molecular formula is C12H18F3NO. The van der Waals surface area contributed by atoms with Crippen LogP contribution in [0.25, 0.3) is 0 Å². The second kappa shape index (κ2) is 6.69. The van der Waals surface area contributed by atoms with E-state index in [1.165, 1.54) is 0 Å². The Balaban J connectivity index is 2.03. The maximum absolute atomic E-state index is 11.9. The summed E-state index contributed by atoms with van der Waals surface area (Å²) in [5.74, 6) is 0.911. The van der Waals surface area contributed by atoms with Crippen molar-refractivity contribution in [3.05, 3.63) is 24.2 Å². The summed E-state index contributed by atoms with van der Waals surface area (Å²) >= 11 is 0. The standard InChI is InChI=1S/C12H18F3NO/c1-10(5-6-11-4-2-9-17-11)16-8-3-7-12(13,14)15/h2,4,9-10,16H,3,5-8H2,1H3. The van der Waals surface area contributed by atoms with Crippen LogP contribution in [0.5, 0.6) is 0 Å². The molecule has 5 heteroatoms. The fraction of sp³-hybridized carbons (Fsp3) is 0.667. The van der Waals surface area contributed by atoms with Crippen LogP contribution in [0.4, 0.5) is 13.2 Å². The van der Waals surface area contributed by atoms with Gasteiger partial charge in [-0.2, -0.15) is 13.2 Å². The van der Waals surface area contributed by atoms with E-state index in [4.69, 9.17) is 4.42 Å². The minimum Gasteiger partial charge on any atom is -0.469 e. The number of hydrogen-bond acceptors (Lipinski definition) is 2. The number of halogens is 3. The number of rotatable bonds is 7. The molecule has 1 heterocycles. The summed E-state index contributed by atoms with van der Waals surface area (Å²) in [5.41, 5.74) is 0. The molecule has 0 fully saturated rings. The molecule has 1 N–H and O–H groups in total. The molecule has 1 rings (SSSR count). The molecule has 98 valence electrons. The van der Waals surface area contributed by atoms with Crippen molar-refractivity contribution in [1.29, 1.82) is 0 Å². The molecule has 0 amide bonds. The predicted octanol–water partition coefficient (Wildman–Crippen LogP) is 3.53. The van der Waals surface area contributed by atoms with Gasteiger partial charge in [-0.05, 0) is 38.4 Å². The van der Waals surface area contributed by atoms with Gasteiger partial charge < -0.3 is 9.73 Å². The third-order valence-corrected chi connectivity index (χ3v) is 2.53. The zero-order chi connectivity index (χ0) is 12.7. The average molecular weight is 249 g/mol. The molecule has 0 aliphatic carbocycles. The minimum atomic E-state index is -4.04. The Kier molecular flexibility index (Phi) is 5.55. The number of aryl methyl sites for hydroxylation is 1. The summed E-state index contributed by atoms with van der Waals surface area (Å²) in [5, 5.41) is 3.08. The zero-order valence-corrected chi connectivity index (χ0v) is 9.89. The normalized spacial score (nSPS) is 13.9. The SMILES string of the molecule is CC(CCc1ccco1)NCCCC(F)(F)F. The van der Waals surface area contributed by atoms with Gasteiger partial charge in [-0.25, -0.2) is 0 Å². The Bertz CT molecular complexity index is 295. The highest BCUT2D eigenvalue weighted by molar-refractivity contribution is 4.98. The van der Waals surface area contributed by atoms with Crippen LogP contribution in [0.15, 0.2) is 22.8 Å². The van der Waals surface area contributed by atoms with Crippen LogP contribution in [0.2, 0.25) is 0 Å². The minimum absolute atomic E-state index is 0.134. The molecular weight excluding hydrogens is 231 g/mol. The monoisotopic (exact) mass is 249 g/mol. The lowest BCUT2D eigenvalue weighted by molar-refractivity contribution is -0.135.